The second kappa shape index (κ2) is 7.65. The van der Waals surface area contributed by atoms with Crippen LogP contribution in [0.25, 0.3) is 0 Å². The molecule has 0 spiro atoms. The van der Waals surface area contributed by atoms with Gasteiger partial charge in [-0.15, -0.1) is 0 Å². The third-order valence-corrected chi connectivity index (χ3v) is 6.07. The van der Waals surface area contributed by atoms with Crippen LogP contribution in [0.1, 0.15) is 16.1 Å². The van der Waals surface area contributed by atoms with Crippen molar-refractivity contribution in [3.8, 4) is 0 Å². The Bertz CT molecular complexity index is 1050. The van der Waals surface area contributed by atoms with Crippen molar-refractivity contribution < 1.29 is 17.6 Å². The lowest BCUT2D eigenvalue weighted by Gasteiger charge is -2.08. The van der Waals surface area contributed by atoms with Gasteiger partial charge in [-0.25, -0.2) is 8.42 Å². The summed E-state index contributed by atoms with van der Waals surface area (Å²) in [5.74, 6) is -0.981. The van der Waals surface area contributed by atoms with Gasteiger partial charge in [-0.3, -0.25) is 4.79 Å². The van der Waals surface area contributed by atoms with Crippen LogP contribution in [0.5, 0.6) is 0 Å². The molecule has 1 amide bonds. The number of anilines is 1. The molecule has 0 saturated carbocycles. The number of halogens is 2. The van der Waals surface area contributed by atoms with Gasteiger partial charge in [0.1, 0.15) is 0 Å². The summed E-state index contributed by atoms with van der Waals surface area (Å²) in [5.41, 5.74) is 0.674. The van der Waals surface area contributed by atoms with E-state index in [0.717, 1.165) is 4.47 Å². The summed E-state index contributed by atoms with van der Waals surface area (Å²) < 4.78 is 31.0. The standard InChI is InChI=1S/C18H13BrClNO4S/c19-13-6-7-16(15(20)10-13)21-18(22)17-12(8-9-25-17)11-26(23,24)14-4-2-1-3-5-14/h1-10H,11H2,(H,21,22). The molecule has 0 aliphatic rings. The van der Waals surface area contributed by atoms with Crippen molar-refractivity contribution in [2.45, 2.75) is 10.6 Å². The van der Waals surface area contributed by atoms with Gasteiger partial charge >= 0.3 is 0 Å². The highest BCUT2D eigenvalue weighted by Gasteiger charge is 2.23. The highest BCUT2D eigenvalue weighted by atomic mass is 79.9. The first-order valence-corrected chi connectivity index (χ1v) is 10.3. The Kier molecular flexibility index (Phi) is 5.50. The third-order valence-electron chi connectivity index (χ3n) is 3.58. The number of benzene rings is 2. The maximum atomic E-state index is 12.5. The topological polar surface area (TPSA) is 76.4 Å². The molecule has 8 heteroatoms. The highest BCUT2D eigenvalue weighted by Crippen LogP contribution is 2.27. The molecule has 0 aliphatic carbocycles. The monoisotopic (exact) mass is 453 g/mol. The van der Waals surface area contributed by atoms with Crippen molar-refractivity contribution in [2.75, 3.05) is 5.32 Å². The number of carbonyl (C=O) groups excluding carboxylic acids is 1. The number of rotatable bonds is 5. The summed E-state index contributed by atoms with van der Waals surface area (Å²) >= 11 is 9.38. The quantitative estimate of drug-likeness (QED) is 0.593. The van der Waals surface area contributed by atoms with Gasteiger partial charge in [0.05, 0.1) is 27.6 Å². The van der Waals surface area contributed by atoms with Gasteiger partial charge in [0, 0.05) is 10.0 Å². The summed E-state index contributed by atoms with van der Waals surface area (Å²) in [6.07, 6.45) is 1.29. The van der Waals surface area contributed by atoms with Crippen LogP contribution < -0.4 is 5.32 Å². The average Bonchev–Trinajstić information content (AvgIpc) is 3.05. The van der Waals surface area contributed by atoms with Gasteiger partial charge in [0.2, 0.25) is 0 Å². The van der Waals surface area contributed by atoms with E-state index in [2.05, 4.69) is 21.2 Å². The van der Waals surface area contributed by atoms with Crippen molar-refractivity contribution in [3.63, 3.8) is 0 Å². The zero-order chi connectivity index (χ0) is 18.7. The Morgan fingerprint density at radius 2 is 1.85 bits per heavy atom. The van der Waals surface area contributed by atoms with Gasteiger partial charge < -0.3 is 9.73 Å². The lowest BCUT2D eigenvalue weighted by molar-refractivity contribution is 0.0996. The molecule has 134 valence electrons. The maximum Gasteiger partial charge on any atom is 0.291 e. The van der Waals surface area contributed by atoms with Crippen LogP contribution in [-0.2, 0) is 15.6 Å². The first-order chi connectivity index (χ1) is 12.4. The van der Waals surface area contributed by atoms with Crippen molar-refractivity contribution in [3.05, 3.63) is 81.7 Å². The molecule has 0 atom stereocenters. The number of sulfone groups is 1. The summed E-state index contributed by atoms with van der Waals surface area (Å²) in [5, 5.41) is 2.97. The first-order valence-electron chi connectivity index (χ1n) is 7.47. The largest absolute Gasteiger partial charge is 0.459 e. The highest BCUT2D eigenvalue weighted by molar-refractivity contribution is 9.10. The zero-order valence-electron chi connectivity index (χ0n) is 13.3. The van der Waals surface area contributed by atoms with E-state index in [1.165, 1.54) is 24.5 Å². The van der Waals surface area contributed by atoms with E-state index in [1.807, 2.05) is 0 Å². The second-order valence-corrected chi connectivity index (χ2v) is 8.74. The molecule has 2 aromatic carbocycles. The normalized spacial score (nSPS) is 11.3. The summed E-state index contributed by atoms with van der Waals surface area (Å²) in [4.78, 5) is 12.7. The maximum absolute atomic E-state index is 12.5. The SMILES string of the molecule is O=C(Nc1ccc(Br)cc1Cl)c1occc1CS(=O)(=O)c1ccccc1. The van der Waals surface area contributed by atoms with Gasteiger partial charge in [-0.05, 0) is 36.4 Å². The molecule has 5 nitrogen and oxygen atoms in total. The van der Waals surface area contributed by atoms with Crippen LogP contribution >= 0.6 is 27.5 Å². The molecular weight excluding hydrogens is 442 g/mol. The van der Waals surface area contributed by atoms with Gasteiger partial charge in [-0.1, -0.05) is 45.7 Å². The van der Waals surface area contributed by atoms with Crippen LogP contribution in [0.4, 0.5) is 5.69 Å². The minimum absolute atomic E-state index is 0.0662. The lowest BCUT2D eigenvalue weighted by atomic mass is 10.2. The van der Waals surface area contributed by atoms with Gasteiger partial charge in [0.15, 0.2) is 15.6 Å². The molecular formula is C18H13BrClNO4S. The van der Waals surface area contributed by atoms with Crippen molar-refractivity contribution in [1.82, 2.24) is 0 Å². The predicted octanol–water partition coefficient (Wildman–Crippen LogP) is 4.92. The van der Waals surface area contributed by atoms with Crippen molar-refractivity contribution in [2.24, 2.45) is 0 Å². The summed E-state index contributed by atoms with van der Waals surface area (Å²) in [6.45, 7) is 0. The molecule has 0 unspecified atom stereocenters. The molecule has 1 N–H and O–H groups in total. The number of hydrogen-bond acceptors (Lipinski definition) is 4. The van der Waals surface area contributed by atoms with Gasteiger partial charge in [0.25, 0.3) is 5.91 Å². The molecule has 26 heavy (non-hydrogen) atoms. The fraction of sp³-hybridized carbons (Fsp3) is 0.0556. The Balaban J connectivity index is 1.83. The van der Waals surface area contributed by atoms with Crippen LogP contribution in [0.3, 0.4) is 0 Å². The Morgan fingerprint density at radius 1 is 1.12 bits per heavy atom. The minimum atomic E-state index is -3.60. The Hall–Kier alpha value is -2.09. The predicted molar refractivity (Wildman–Crippen MR) is 103 cm³/mol. The first kappa shape index (κ1) is 18.7. The Labute approximate surface area is 164 Å². The molecule has 0 saturated heterocycles. The zero-order valence-corrected chi connectivity index (χ0v) is 16.4. The van der Waals surface area contributed by atoms with E-state index in [1.54, 1.807) is 36.4 Å². The summed E-state index contributed by atoms with van der Waals surface area (Å²) in [6, 6.07) is 14.5. The second-order valence-electron chi connectivity index (χ2n) is 5.43. The number of furan rings is 1. The number of nitrogens with one attached hydrogen (secondary N) is 1. The van der Waals surface area contributed by atoms with E-state index < -0.39 is 15.7 Å². The molecule has 0 bridgehead atoms. The van der Waals surface area contributed by atoms with Crippen LogP contribution in [0.2, 0.25) is 5.02 Å². The van der Waals surface area contributed by atoms with E-state index in [9.17, 15) is 13.2 Å². The van der Waals surface area contributed by atoms with Gasteiger partial charge in [-0.2, -0.15) is 0 Å². The molecule has 0 aliphatic heterocycles. The van der Waals surface area contributed by atoms with Crippen molar-refractivity contribution in [1.29, 1.82) is 0 Å². The fourth-order valence-corrected chi connectivity index (χ4v) is 4.43. The molecule has 1 heterocycles. The van der Waals surface area contributed by atoms with E-state index in [4.69, 9.17) is 16.0 Å². The number of amides is 1. The molecule has 3 aromatic rings. The van der Waals surface area contributed by atoms with E-state index in [-0.39, 0.29) is 22.0 Å². The van der Waals surface area contributed by atoms with E-state index >= 15 is 0 Å². The molecule has 3 rings (SSSR count). The van der Waals surface area contributed by atoms with Crippen molar-refractivity contribution >= 4 is 49.0 Å². The molecule has 1 aromatic heterocycles. The van der Waals surface area contributed by atoms with Crippen LogP contribution in [-0.4, -0.2) is 14.3 Å². The third kappa shape index (κ3) is 4.17. The Morgan fingerprint density at radius 3 is 2.54 bits per heavy atom. The molecule has 0 radical (unpaired) electrons. The fourth-order valence-electron chi connectivity index (χ4n) is 2.33. The average molecular weight is 455 g/mol. The molecule has 0 fully saturated rings. The van der Waals surface area contributed by atoms with E-state index in [0.29, 0.717) is 10.7 Å². The number of carbonyl (C=O) groups is 1. The minimum Gasteiger partial charge on any atom is -0.459 e. The van der Waals surface area contributed by atoms with Crippen LogP contribution in [0, 0.1) is 0 Å². The van der Waals surface area contributed by atoms with Crippen LogP contribution in [0.15, 0.2) is 74.6 Å². The summed E-state index contributed by atoms with van der Waals surface area (Å²) in [7, 11) is -3.60. The number of hydrogen-bond donors (Lipinski definition) is 1. The smallest absolute Gasteiger partial charge is 0.291 e. The lowest BCUT2D eigenvalue weighted by Crippen LogP contribution is -2.15.